The summed E-state index contributed by atoms with van der Waals surface area (Å²) >= 11 is 0. The van der Waals surface area contributed by atoms with E-state index >= 15 is 0 Å². The van der Waals surface area contributed by atoms with Gasteiger partial charge >= 0.3 is 0 Å². The summed E-state index contributed by atoms with van der Waals surface area (Å²) in [6, 6.07) is -0.0496. The zero-order chi connectivity index (χ0) is 11.3. The molecule has 3 nitrogen and oxygen atoms in total. The quantitative estimate of drug-likeness (QED) is 0.699. The van der Waals surface area contributed by atoms with E-state index in [0.29, 0.717) is 0 Å². The fourth-order valence-electron chi connectivity index (χ4n) is 1.96. The van der Waals surface area contributed by atoms with Crippen molar-refractivity contribution in [2.24, 2.45) is 0 Å². The number of hydrogen-bond acceptors (Lipinski definition) is 2. The molecule has 0 aromatic carbocycles. The van der Waals surface area contributed by atoms with Crippen LogP contribution in [0, 0.1) is 0 Å². The summed E-state index contributed by atoms with van der Waals surface area (Å²) in [5.41, 5.74) is 0.746. The highest BCUT2D eigenvalue weighted by Crippen LogP contribution is 2.18. The van der Waals surface area contributed by atoms with Gasteiger partial charge in [0.15, 0.2) is 0 Å². The van der Waals surface area contributed by atoms with E-state index in [0.717, 1.165) is 37.7 Å². The molecule has 0 aromatic heterocycles. The average Bonchev–Trinajstić information content (AvgIpc) is 2.21. The first-order valence-electron chi connectivity index (χ1n) is 5.80. The summed E-state index contributed by atoms with van der Waals surface area (Å²) in [7, 11) is 0. The lowest BCUT2D eigenvalue weighted by Gasteiger charge is -2.28. The zero-order valence-corrected chi connectivity index (χ0v) is 9.62. The van der Waals surface area contributed by atoms with Crippen LogP contribution >= 0.6 is 0 Å². The van der Waals surface area contributed by atoms with E-state index in [-0.39, 0.29) is 18.1 Å². The summed E-state index contributed by atoms with van der Waals surface area (Å²) in [6.45, 7) is 3.82. The molecular formula is C12H21NO2. The van der Waals surface area contributed by atoms with E-state index < -0.39 is 0 Å². The van der Waals surface area contributed by atoms with E-state index in [2.05, 4.69) is 5.32 Å². The first-order chi connectivity index (χ1) is 7.15. The minimum absolute atomic E-state index is 0.0391. The van der Waals surface area contributed by atoms with Gasteiger partial charge in [-0.25, -0.2) is 0 Å². The van der Waals surface area contributed by atoms with Crippen LogP contribution in [-0.2, 0) is 4.79 Å². The number of allylic oxidation sites excluding steroid dienone is 1. The Bertz CT molecular complexity index is 248. The highest BCUT2D eigenvalue weighted by atomic mass is 16.3. The monoisotopic (exact) mass is 211 g/mol. The summed E-state index contributed by atoms with van der Waals surface area (Å²) < 4.78 is 0. The molecule has 3 heteroatoms. The van der Waals surface area contributed by atoms with Crippen molar-refractivity contribution in [2.45, 2.75) is 58.1 Å². The summed E-state index contributed by atoms with van der Waals surface area (Å²) in [5.74, 6) is -0.0391. The molecule has 0 saturated heterocycles. The van der Waals surface area contributed by atoms with Crippen molar-refractivity contribution in [1.82, 2.24) is 5.32 Å². The lowest BCUT2D eigenvalue weighted by atomic mass is 9.92. The van der Waals surface area contributed by atoms with Crippen LogP contribution in [0.2, 0.25) is 0 Å². The predicted octanol–water partition coefficient (Wildman–Crippen LogP) is 1.76. The van der Waals surface area contributed by atoms with Gasteiger partial charge in [-0.15, -0.1) is 0 Å². The van der Waals surface area contributed by atoms with Gasteiger partial charge in [0.2, 0.25) is 5.91 Å². The first kappa shape index (κ1) is 12.2. The number of aliphatic hydroxyl groups is 1. The van der Waals surface area contributed by atoms with Crippen LogP contribution in [0.4, 0.5) is 0 Å². The molecule has 0 unspecified atom stereocenters. The van der Waals surface area contributed by atoms with Gasteiger partial charge in [0, 0.05) is 5.57 Å². The number of rotatable bonds is 3. The van der Waals surface area contributed by atoms with Crippen molar-refractivity contribution in [1.29, 1.82) is 0 Å². The molecule has 0 spiro atoms. The Hall–Kier alpha value is -0.830. The van der Waals surface area contributed by atoms with Gasteiger partial charge in [0.1, 0.15) is 0 Å². The Labute approximate surface area is 91.6 Å². The Kier molecular flexibility index (Phi) is 4.82. The molecule has 2 atom stereocenters. The predicted molar refractivity (Wildman–Crippen MR) is 60.5 cm³/mol. The van der Waals surface area contributed by atoms with Gasteiger partial charge in [-0.3, -0.25) is 4.79 Å². The molecule has 1 fully saturated rings. The molecular weight excluding hydrogens is 190 g/mol. The van der Waals surface area contributed by atoms with Gasteiger partial charge in [0.25, 0.3) is 0 Å². The second kappa shape index (κ2) is 5.91. The van der Waals surface area contributed by atoms with Gasteiger partial charge in [0.05, 0.1) is 12.1 Å². The Balaban J connectivity index is 2.46. The SMILES string of the molecule is CC/C=C(/C)C(=O)N[C@H]1CCCC[C@@H]1O. The third kappa shape index (κ3) is 3.67. The maximum Gasteiger partial charge on any atom is 0.246 e. The molecule has 1 rings (SSSR count). The highest BCUT2D eigenvalue weighted by Gasteiger charge is 2.24. The maximum atomic E-state index is 11.7. The van der Waals surface area contributed by atoms with Gasteiger partial charge in [-0.2, -0.15) is 0 Å². The molecule has 0 heterocycles. The third-order valence-electron chi connectivity index (χ3n) is 2.91. The molecule has 0 bridgehead atoms. The first-order valence-corrected chi connectivity index (χ1v) is 5.80. The normalized spacial score (nSPS) is 27.5. The molecule has 2 N–H and O–H groups in total. The topological polar surface area (TPSA) is 49.3 Å². The van der Waals surface area contributed by atoms with Gasteiger partial charge in [-0.05, 0) is 26.2 Å². The van der Waals surface area contributed by atoms with Crippen molar-refractivity contribution in [3.8, 4) is 0 Å². The number of carbonyl (C=O) groups excluding carboxylic acids is 1. The van der Waals surface area contributed by atoms with Crippen molar-refractivity contribution >= 4 is 5.91 Å². The van der Waals surface area contributed by atoms with E-state index in [9.17, 15) is 9.90 Å². The summed E-state index contributed by atoms with van der Waals surface area (Å²) in [6.07, 6.45) is 6.28. The molecule has 15 heavy (non-hydrogen) atoms. The highest BCUT2D eigenvalue weighted by molar-refractivity contribution is 5.92. The largest absolute Gasteiger partial charge is 0.391 e. The van der Waals surface area contributed by atoms with Gasteiger partial charge < -0.3 is 10.4 Å². The molecule has 86 valence electrons. The van der Waals surface area contributed by atoms with Crippen molar-refractivity contribution < 1.29 is 9.90 Å². The number of carbonyl (C=O) groups is 1. The molecule has 0 aliphatic heterocycles. The second-order valence-electron chi connectivity index (χ2n) is 4.23. The lowest BCUT2D eigenvalue weighted by Crippen LogP contribution is -2.45. The minimum Gasteiger partial charge on any atom is -0.391 e. The van der Waals surface area contributed by atoms with Crippen LogP contribution < -0.4 is 5.32 Å². The van der Waals surface area contributed by atoms with E-state index in [1.807, 2.05) is 19.9 Å². The number of nitrogens with one attached hydrogen (secondary N) is 1. The van der Waals surface area contributed by atoms with Crippen LogP contribution in [-0.4, -0.2) is 23.2 Å². The van der Waals surface area contributed by atoms with Crippen LogP contribution in [0.5, 0.6) is 0 Å². The fourth-order valence-corrected chi connectivity index (χ4v) is 1.96. The molecule has 0 radical (unpaired) electrons. The number of aliphatic hydroxyl groups excluding tert-OH is 1. The second-order valence-corrected chi connectivity index (χ2v) is 4.23. The summed E-state index contributed by atoms with van der Waals surface area (Å²) in [5, 5.41) is 12.6. The number of amides is 1. The van der Waals surface area contributed by atoms with Crippen LogP contribution in [0.25, 0.3) is 0 Å². The maximum absolute atomic E-state index is 11.7. The van der Waals surface area contributed by atoms with Crippen LogP contribution in [0.15, 0.2) is 11.6 Å². The molecule has 0 aromatic rings. The van der Waals surface area contributed by atoms with E-state index in [1.54, 1.807) is 0 Å². The molecule has 1 saturated carbocycles. The zero-order valence-electron chi connectivity index (χ0n) is 9.62. The lowest BCUT2D eigenvalue weighted by molar-refractivity contribution is -0.119. The number of hydrogen-bond donors (Lipinski definition) is 2. The minimum atomic E-state index is -0.364. The van der Waals surface area contributed by atoms with Gasteiger partial charge in [-0.1, -0.05) is 25.8 Å². The average molecular weight is 211 g/mol. The Morgan fingerprint density at radius 2 is 2.13 bits per heavy atom. The van der Waals surface area contributed by atoms with Crippen molar-refractivity contribution in [3.63, 3.8) is 0 Å². The van der Waals surface area contributed by atoms with Crippen LogP contribution in [0.3, 0.4) is 0 Å². The standard InChI is InChI=1S/C12H21NO2/c1-3-6-9(2)12(15)13-10-7-4-5-8-11(10)14/h6,10-11,14H,3-5,7-8H2,1-2H3,(H,13,15)/b9-6-/t10-,11-/m0/s1. The van der Waals surface area contributed by atoms with Crippen LogP contribution in [0.1, 0.15) is 46.0 Å². The Morgan fingerprint density at radius 3 is 2.73 bits per heavy atom. The third-order valence-corrected chi connectivity index (χ3v) is 2.91. The smallest absolute Gasteiger partial charge is 0.246 e. The molecule has 1 amide bonds. The molecule has 1 aliphatic rings. The Morgan fingerprint density at radius 1 is 1.47 bits per heavy atom. The van der Waals surface area contributed by atoms with Crippen molar-refractivity contribution in [2.75, 3.05) is 0 Å². The fraction of sp³-hybridized carbons (Fsp3) is 0.750. The van der Waals surface area contributed by atoms with E-state index in [4.69, 9.17) is 0 Å². The molecule has 1 aliphatic carbocycles. The van der Waals surface area contributed by atoms with E-state index in [1.165, 1.54) is 0 Å². The summed E-state index contributed by atoms with van der Waals surface area (Å²) in [4.78, 5) is 11.7. The van der Waals surface area contributed by atoms with Crippen molar-refractivity contribution in [3.05, 3.63) is 11.6 Å².